The van der Waals surface area contributed by atoms with E-state index in [1.807, 2.05) is 0 Å². The molecule has 0 unspecified atom stereocenters. The van der Waals surface area contributed by atoms with Crippen LogP contribution in [0.1, 0.15) is 25.7 Å². The molecule has 0 aliphatic heterocycles. The number of halogens is 1. The summed E-state index contributed by atoms with van der Waals surface area (Å²) in [6, 6.07) is 6.89. The Morgan fingerprint density at radius 2 is 1.90 bits per heavy atom. The molecule has 1 aliphatic rings. The molecule has 2 rings (SSSR count). The molecule has 0 radical (unpaired) electrons. The third kappa shape index (κ3) is 4.13. The van der Waals surface area contributed by atoms with E-state index < -0.39 is 5.91 Å². The highest BCUT2D eigenvalue weighted by Crippen LogP contribution is 2.24. The standard InChI is InChI=1S/C14H17ClN2O3/c15-11-7-3-4-8-12(11)20-9-13(18)16-17-14(19)10-5-1-2-6-10/h3-4,7-8,10H,1-2,5-6,9H2,(H,16,18)(H,17,19). The Kier molecular flexibility index (Phi) is 5.24. The van der Waals surface area contributed by atoms with E-state index >= 15 is 0 Å². The van der Waals surface area contributed by atoms with Gasteiger partial charge in [-0.1, -0.05) is 36.6 Å². The van der Waals surface area contributed by atoms with Gasteiger partial charge in [-0.15, -0.1) is 0 Å². The topological polar surface area (TPSA) is 67.4 Å². The summed E-state index contributed by atoms with van der Waals surface area (Å²) in [7, 11) is 0. The van der Waals surface area contributed by atoms with Crippen LogP contribution in [-0.4, -0.2) is 18.4 Å². The minimum atomic E-state index is -0.420. The van der Waals surface area contributed by atoms with Crippen LogP contribution in [0, 0.1) is 5.92 Å². The summed E-state index contributed by atoms with van der Waals surface area (Å²) in [5.74, 6) is -0.101. The van der Waals surface area contributed by atoms with Crippen molar-refractivity contribution in [1.29, 1.82) is 0 Å². The lowest BCUT2D eigenvalue weighted by Gasteiger charge is -2.12. The molecule has 0 bridgehead atoms. The Hall–Kier alpha value is -1.75. The molecule has 1 aromatic carbocycles. The van der Waals surface area contributed by atoms with Gasteiger partial charge in [0.05, 0.1) is 5.02 Å². The quantitative estimate of drug-likeness (QED) is 0.836. The fraction of sp³-hybridized carbons (Fsp3) is 0.429. The van der Waals surface area contributed by atoms with Crippen LogP contribution in [0.2, 0.25) is 5.02 Å². The van der Waals surface area contributed by atoms with Gasteiger partial charge in [0.2, 0.25) is 5.91 Å². The average molecular weight is 297 g/mol. The van der Waals surface area contributed by atoms with Gasteiger partial charge >= 0.3 is 0 Å². The Morgan fingerprint density at radius 1 is 1.20 bits per heavy atom. The summed E-state index contributed by atoms with van der Waals surface area (Å²) in [5, 5.41) is 0.440. The van der Waals surface area contributed by atoms with Crippen LogP contribution in [0.3, 0.4) is 0 Å². The number of hydrogen-bond donors (Lipinski definition) is 2. The lowest BCUT2D eigenvalue weighted by molar-refractivity contribution is -0.132. The lowest BCUT2D eigenvalue weighted by Crippen LogP contribution is -2.45. The molecule has 6 heteroatoms. The second-order valence-corrected chi connectivity index (χ2v) is 5.15. The van der Waals surface area contributed by atoms with Gasteiger partial charge in [0.15, 0.2) is 6.61 Å². The van der Waals surface area contributed by atoms with Crippen molar-refractivity contribution in [1.82, 2.24) is 10.9 Å². The van der Waals surface area contributed by atoms with Gasteiger partial charge in [0.1, 0.15) is 5.75 Å². The smallest absolute Gasteiger partial charge is 0.276 e. The number of hydrogen-bond acceptors (Lipinski definition) is 3. The van der Waals surface area contributed by atoms with Crippen LogP contribution in [-0.2, 0) is 9.59 Å². The van der Waals surface area contributed by atoms with Crippen LogP contribution in [0.5, 0.6) is 5.75 Å². The van der Waals surface area contributed by atoms with Crippen molar-refractivity contribution in [2.75, 3.05) is 6.61 Å². The SMILES string of the molecule is O=C(COc1ccccc1Cl)NNC(=O)C1CCCC1. The number of nitrogens with one attached hydrogen (secondary N) is 2. The zero-order chi connectivity index (χ0) is 14.4. The van der Waals surface area contributed by atoms with Gasteiger partial charge in [-0.3, -0.25) is 20.4 Å². The van der Waals surface area contributed by atoms with E-state index in [1.54, 1.807) is 24.3 Å². The molecular formula is C14H17ClN2O3. The largest absolute Gasteiger partial charge is 0.482 e. The number of para-hydroxylation sites is 1. The highest BCUT2D eigenvalue weighted by molar-refractivity contribution is 6.32. The van der Waals surface area contributed by atoms with Crippen LogP contribution in [0.15, 0.2) is 24.3 Å². The monoisotopic (exact) mass is 296 g/mol. The predicted molar refractivity (Wildman–Crippen MR) is 75.2 cm³/mol. The normalized spacial score (nSPS) is 14.8. The van der Waals surface area contributed by atoms with Gasteiger partial charge in [-0.05, 0) is 25.0 Å². The fourth-order valence-electron chi connectivity index (χ4n) is 2.16. The van der Waals surface area contributed by atoms with E-state index in [0.29, 0.717) is 10.8 Å². The number of benzene rings is 1. The Balaban J connectivity index is 1.70. The van der Waals surface area contributed by atoms with Gasteiger partial charge in [-0.25, -0.2) is 0 Å². The maximum Gasteiger partial charge on any atom is 0.276 e. The van der Waals surface area contributed by atoms with E-state index in [4.69, 9.17) is 16.3 Å². The highest BCUT2D eigenvalue weighted by atomic mass is 35.5. The number of rotatable bonds is 4. The molecular weight excluding hydrogens is 280 g/mol. The second-order valence-electron chi connectivity index (χ2n) is 4.74. The molecule has 2 amide bonds. The molecule has 0 aromatic heterocycles. The first-order valence-electron chi connectivity index (χ1n) is 6.63. The Morgan fingerprint density at radius 3 is 2.60 bits per heavy atom. The highest BCUT2D eigenvalue weighted by Gasteiger charge is 2.22. The number of ether oxygens (including phenoxy) is 1. The zero-order valence-electron chi connectivity index (χ0n) is 11.0. The lowest BCUT2D eigenvalue weighted by atomic mass is 10.1. The van der Waals surface area contributed by atoms with Gasteiger partial charge in [0, 0.05) is 5.92 Å². The molecule has 1 fully saturated rings. The summed E-state index contributed by atoms with van der Waals surface area (Å²) >= 11 is 5.89. The summed E-state index contributed by atoms with van der Waals surface area (Å²) in [4.78, 5) is 23.2. The van der Waals surface area contributed by atoms with Crippen molar-refractivity contribution in [2.24, 2.45) is 5.92 Å². The van der Waals surface area contributed by atoms with Crippen molar-refractivity contribution in [3.63, 3.8) is 0 Å². The van der Waals surface area contributed by atoms with Crippen molar-refractivity contribution in [2.45, 2.75) is 25.7 Å². The summed E-state index contributed by atoms with van der Waals surface area (Å²) in [6.07, 6.45) is 3.92. The zero-order valence-corrected chi connectivity index (χ0v) is 11.8. The molecule has 1 aromatic rings. The van der Waals surface area contributed by atoms with E-state index in [-0.39, 0.29) is 18.4 Å². The van der Waals surface area contributed by atoms with E-state index in [0.717, 1.165) is 25.7 Å². The third-order valence-electron chi connectivity index (χ3n) is 3.25. The second kappa shape index (κ2) is 7.14. The maximum atomic E-state index is 11.7. The minimum Gasteiger partial charge on any atom is -0.482 e. The first kappa shape index (κ1) is 14.7. The van der Waals surface area contributed by atoms with Crippen LogP contribution < -0.4 is 15.6 Å². The third-order valence-corrected chi connectivity index (χ3v) is 3.56. The van der Waals surface area contributed by atoms with Crippen molar-refractivity contribution in [3.8, 4) is 5.75 Å². The molecule has 0 heterocycles. The molecule has 1 saturated carbocycles. The molecule has 0 atom stereocenters. The van der Waals surface area contributed by atoms with Crippen LogP contribution >= 0.6 is 11.6 Å². The predicted octanol–water partition coefficient (Wildman–Crippen LogP) is 2.06. The van der Waals surface area contributed by atoms with E-state index in [9.17, 15) is 9.59 Å². The summed E-state index contributed by atoms with van der Waals surface area (Å²) in [5.41, 5.74) is 4.77. The number of hydrazine groups is 1. The summed E-state index contributed by atoms with van der Waals surface area (Å²) in [6.45, 7) is -0.200. The molecule has 0 saturated heterocycles. The molecule has 20 heavy (non-hydrogen) atoms. The Labute approximate surface area is 122 Å². The average Bonchev–Trinajstić information content (AvgIpc) is 2.98. The Bertz CT molecular complexity index is 487. The number of amides is 2. The molecule has 0 spiro atoms. The van der Waals surface area contributed by atoms with E-state index in [2.05, 4.69) is 10.9 Å². The van der Waals surface area contributed by atoms with Gasteiger partial charge in [0.25, 0.3) is 5.91 Å². The first-order valence-corrected chi connectivity index (χ1v) is 7.00. The minimum absolute atomic E-state index is 0.0137. The first-order chi connectivity index (χ1) is 9.66. The van der Waals surface area contributed by atoms with Crippen molar-refractivity contribution in [3.05, 3.63) is 29.3 Å². The van der Waals surface area contributed by atoms with Gasteiger partial charge < -0.3 is 4.74 Å². The van der Waals surface area contributed by atoms with Gasteiger partial charge in [-0.2, -0.15) is 0 Å². The number of carbonyl (C=O) groups excluding carboxylic acids is 2. The maximum absolute atomic E-state index is 11.7. The van der Waals surface area contributed by atoms with E-state index in [1.165, 1.54) is 0 Å². The molecule has 108 valence electrons. The van der Waals surface area contributed by atoms with Crippen LogP contribution in [0.25, 0.3) is 0 Å². The molecule has 1 aliphatic carbocycles. The fourth-order valence-corrected chi connectivity index (χ4v) is 2.35. The van der Waals surface area contributed by atoms with Crippen LogP contribution in [0.4, 0.5) is 0 Å². The summed E-state index contributed by atoms with van der Waals surface area (Å²) < 4.78 is 5.26. The molecule has 2 N–H and O–H groups in total. The number of carbonyl (C=O) groups is 2. The van der Waals surface area contributed by atoms with Crippen molar-refractivity contribution < 1.29 is 14.3 Å². The molecule has 5 nitrogen and oxygen atoms in total. The van der Waals surface area contributed by atoms with Crippen molar-refractivity contribution >= 4 is 23.4 Å².